The Labute approximate surface area is 98.2 Å². The van der Waals surface area contributed by atoms with E-state index in [0.717, 1.165) is 25.9 Å². The van der Waals surface area contributed by atoms with Crippen LogP contribution in [0.1, 0.15) is 19.8 Å². The molecule has 0 spiro atoms. The lowest BCUT2D eigenvalue weighted by Crippen LogP contribution is -2.47. The lowest BCUT2D eigenvalue weighted by Gasteiger charge is -2.32. The second kappa shape index (κ2) is 5.95. The minimum absolute atomic E-state index is 0.130. The molecule has 1 atom stereocenters. The van der Waals surface area contributed by atoms with Gasteiger partial charge >= 0.3 is 0 Å². The van der Waals surface area contributed by atoms with Crippen molar-refractivity contribution < 1.29 is 13.2 Å². The van der Waals surface area contributed by atoms with Crippen LogP contribution in [0.5, 0.6) is 0 Å². The molecule has 1 saturated heterocycles. The third-order valence-electron chi connectivity index (χ3n) is 3.13. The first-order chi connectivity index (χ1) is 7.50. The molecule has 16 heavy (non-hydrogen) atoms. The second-order valence-electron chi connectivity index (χ2n) is 4.31. The maximum atomic E-state index is 12.1. The molecule has 0 aliphatic carbocycles. The SMILES string of the molecule is COCC(C)S(=O)(=O)N(C)C1CCNCC1. The first-order valence-electron chi connectivity index (χ1n) is 5.66. The van der Waals surface area contributed by atoms with Crippen molar-refractivity contribution in [2.45, 2.75) is 31.1 Å². The standard InChI is InChI=1S/C10H22N2O3S/c1-9(8-15-3)16(13,14)12(2)10-4-6-11-7-5-10/h9-11H,4-8H2,1-3H3. The monoisotopic (exact) mass is 250 g/mol. The molecule has 1 aliphatic rings. The van der Waals surface area contributed by atoms with E-state index in [4.69, 9.17) is 4.74 Å². The van der Waals surface area contributed by atoms with Gasteiger partial charge in [-0.05, 0) is 32.9 Å². The quantitative estimate of drug-likeness (QED) is 0.748. The fourth-order valence-corrected chi connectivity index (χ4v) is 3.48. The van der Waals surface area contributed by atoms with Crippen LogP contribution in [0.3, 0.4) is 0 Å². The van der Waals surface area contributed by atoms with E-state index in [0.29, 0.717) is 0 Å². The number of piperidine rings is 1. The normalized spacial score (nSPS) is 21.2. The van der Waals surface area contributed by atoms with Gasteiger partial charge in [-0.15, -0.1) is 0 Å². The van der Waals surface area contributed by atoms with Crippen molar-refractivity contribution in [1.82, 2.24) is 9.62 Å². The van der Waals surface area contributed by atoms with Gasteiger partial charge in [-0.25, -0.2) is 12.7 Å². The zero-order chi connectivity index (χ0) is 12.2. The van der Waals surface area contributed by atoms with Gasteiger partial charge in [0.1, 0.15) is 0 Å². The molecular weight excluding hydrogens is 228 g/mol. The Morgan fingerprint density at radius 3 is 2.50 bits per heavy atom. The molecule has 1 N–H and O–H groups in total. The van der Waals surface area contributed by atoms with Gasteiger partial charge in [-0.1, -0.05) is 0 Å². The minimum Gasteiger partial charge on any atom is -0.383 e. The molecule has 5 nitrogen and oxygen atoms in total. The summed E-state index contributed by atoms with van der Waals surface area (Å²) in [6, 6.07) is 0.130. The molecule has 0 saturated carbocycles. The predicted molar refractivity (Wildman–Crippen MR) is 63.9 cm³/mol. The Bertz CT molecular complexity index is 299. The zero-order valence-electron chi connectivity index (χ0n) is 10.3. The van der Waals surface area contributed by atoms with E-state index in [-0.39, 0.29) is 12.6 Å². The van der Waals surface area contributed by atoms with Crippen molar-refractivity contribution in [2.75, 3.05) is 33.9 Å². The van der Waals surface area contributed by atoms with Crippen LogP contribution in [0.15, 0.2) is 0 Å². The Balaban J connectivity index is 2.66. The maximum Gasteiger partial charge on any atom is 0.218 e. The van der Waals surface area contributed by atoms with Gasteiger partial charge in [-0.2, -0.15) is 0 Å². The number of sulfonamides is 1. The van der Waals surface area contributed by atoms with E-state index >= 15 is 0 Å². The Kier molecular flexibility index (Phi) is 5.17. The van der Waals surface area contributed by atoms with E-state index in [1.54, 1.807) is 14.0 Å². The van der Waals surface area contributed by atoms with Crippen LogP contribution < -0.4 is 5.32 Å². The van der Waals surface area contributed by atoms with E-state index < -0.39 is 15.3 Å². The number of methoxy groups -OCH3 is 1. The molecule has 0 aromatic heterocycles. The molecule has 1 heterocycles. The summed E-state index contributed by atoms with van der Waals surface area (Å²) in [6.07, 6.45) is 1.77. The van der Waals surface area contributed by atoms with Crippen LogP contribution in [0.2, 0.25) is 0 Å². The molecule has 1 unspecified atom stereocenters. The topological polar surface area (TPSA) is 58.6 Å². The molecule has 1 aliphatic heterocycles. The number of ether oxygens (including phenoxy) is 1. The van der Waals surface area contributed by atoms with Crippen LogP contribution in [-0.2, 0) is 14.8 Å². The molecular formula is C10H22N2O3S. The summed E-state index contributed by atoms with van der Waals surface area (Å²) >= 11 is 0. The highest BCUT2D eigenvalue weighted by molar-refractivity contribution is 7.89. The van der Waals surface area contributed by atoms with Crippen molar-refractivity contribution in [3.05, 3.63) is 0 Å². The average molecular weight is 250 g/mol. The van der Waals surface area contributed by atoms with E-state index in [2.05, 4.69) is 5.32 Å². The maximum absolute atomic E-state index is 12.1. The first kappa shape index (κ1) is 13.9. The van der Waals surface area contributed by atoms with Crippen molar-refractivity contribution in [1.29, 1.82) is 0 Å². The molecule has 0 amide bonds. The molecule has 0 aromatic rings. The van der Waals surface area contributed by atoms with E-state index in [9.17, 15) is 8.42 Å². The van der Waals surface area contributed by atoms with Gasteiger partial charge in [-0.3, -0.25) is 0 Å². The van der Waals surface area contributed by atoms with Crippen molar-refractivity contribution in [2.24, 2.45) is 0 Å². The first-order valence-corrected chi connectivity index (χ1v) is 7.17. The summed E-state index contributed by atoms with van der Waals surface area (Å²) in [5, 5.41) is 2.75. The molecule has 0 bridgehead atoms. The van der Waals surface area contributed by atoms with Crippen molar-refractivity contribution in [3.8, 4) is 0 Å². The lowest BCUT2D eigenvalue weighted by molar-refractivity contribution is 0.196. The fourth-order valence-electron chi connectivity index (χ4n) is 1.98. The zero-order valence-corrected chi connectivity index (χ0v) is 11.1. The summed E-state index contributed by atoms with van der Waals surface area (Å²) in [7, 11) is -0.0178. The summed E-state index contributed by atoms with van der Waals surface area (Å²) in [5.41, 5.74) is 0. The number of nitrogens with one attached hydrogen (secondary N) is 1. The Morgan fingerprint density at radius 2 is 2.00 bits per heavy atom. The van der Waals surface area contributed by atoms with Gasteiger partial charge in [0.2, 0.25) is 10.0 Å². The van der Waals surface area contributed by atoms with Gasteiger partial charge in [0.25, 0.3) is 0 Å². The Hall–Kier alpha value is -0.170. The predicted octanol–water partition coefficient (Wildman–Crippen LogP) is 0.0349. The lowest BCUT2D eigenvalue weighted by atomic mass is 10.1. The van der Waals surface area contributed by atoms with Gasteiger partial charge in [0.15, 0.2) is 0 Å². The molecule has 1 fully saturated rings. The highest BCUT2D eigenvalue weighted by Gasteiger charge is 2.31. The van der Waals surface area contributed by atoms with E-state index in [1.165, 1.54) is 11.4 Å². The summed E-state index contributed by atoms with van der Waals surface area (Å²) < 4.78 is 30.7. The highest BCUT2D eigenvalue weighted by atomic mass is 32.2. The Morgan fingerprint density at radius 1 is 1.44 bits per heavy atom. The van der Waals surface area contributed by atoms with Crippen LogP contribution in [0, 0.1) is 0 Å². The molecule has 96 valence electrons. The summed E-state index contributed by atoms with van der Waals surface area (Å²) in [6.45, 7) is 3.72. The third kappa shape index (κ3) is 3.16. The smallest absolute Gasteiger partial charge is 0.218 e. The number of hydrogen-bond acceptors (Lipinski definition) is 4. The molecule has 1 rings (SSSR count). The summed E-state index contributed by atoms with van der Waals surface area (Å²) in [4.78, 5) is 0. The van der Waals surface area contributed by atoms with Crippen LogP contribution in [0.4, 0.5) is 0 Å². The number of nitrogens with zero attached hydrogens (tertiary/aromatic N) is 1. The van der Waals surface area contributed by atoms with E-state index in [1.807, 2.05) is 0 Å². The summed E-state index contributed by atoms with van der Waals surface area (Å²) in [5.74, 6) is 0. The largest absolute Gasteiger partial charge is 0.383 e. The molecule has 6 heteroatoms. The minimum atomic E-state index is -3.22. The van der Waals surface area contributed by atoms with Crippen LogP contribution in [-0.4, -0.2) is 57.9 Å². The average Bonchev–Trinajstić information content (AvgIpc) is 2.29. The van der Waals surface area contributed by atoms with Gasteiger partial charge in [0.05, 0.1) is 11.9 Å². The second-order valence-corrected chi connectivity index (χ2v) is 6.72. The van der Waals surface area contributed by atoms with Crippen LogP contribution in [0.25, 0.3) is 0 Å². The van der Waals surface area contributed by atoms with Crippen molar-refractivity contribution in [3.63, 3.8) is 0 Å². The van der Waals surface area contributed by atoms with Gasteiger partial charge < -0.3 is 10.1 Å². The van der Waals surface area contributed by atoms with Crippen LogP contribution >= 0.6 is 0 Å². The molecule has 0 radical (unpaired) electrons. The third-order valence-corrected chi connectivity index (χ3v) is 5.39. The molecule has 0 aromatic carbocycles. The number of hydrogen-bond donors (Lipinski definition) is 1. The van der Waals surface area contributed by atoms with Crippen molar-refractivity contribution >= 4 is 10.0 Å². The highest BCUT2D eigenvalue weighted by Crippen LogP contribution is 2.17. The fraction of sp³-hybridized carbons (Fsp3) is 1.00. The number of rotatable bonds is 5. The van der Waals surface area contributed by atoms with Gasteiger partial charge in [0, 0.05) is 20.2 Å².